The van der Waals surface area contributed by atoms with Crippen LogP contribution in [0.5, 0.6) is 0 Å². The average Bonchev–Trinajstić information content (AvgIpc) is 3.31. The van der Waals surface area contributed by atoms with Gasteiger partial charge in [0.05, 0.1) is 0 Å². The van der Waals surface area contributed by atoms with E-state index in [1.807, 2.05) is 7.05 Å². The number of aliphatic hydroxyl groups excluding tert-OH is 1. The summed E-state index contributed by atoms with van der Waals surface area (Å²) in [6.07, 6.45) is 20.3. The maximum absolute atomic E-state index is 9.92. The molecule has 0 heterocycles. The summed E-state index contributed by atoms with van der Waals surface area (Å²) in [7, 11) is 1.86. The molecule has 3 aliphatic rings. The first-order valence-electron chi connectivity index (χ1n) is 15.0. The Labute approximate surface area is 206 Å². The van der Waals surface area contributed by atoms with Gasteiger partial charge in [0, 0.05) is 6.04 Å². The van der Waals surface area contributed by atoms with Crippen molar-refractivity contribution in [3.8, 4) is 0 Å². The first kappa shape index (κ1) is 27.5. The third kappa shape index (κ3) is 6.98. The zero-order valence-electron chi connectivity index (χ0n) is 22.9. The second-order valence-corrected chi connectivity index (χ2v) is 12.7. The Bertz CT molecular complexity index is 553. The molecule has 3 nitrogen and oxygen atoms in total. The summed E-state index contributed by atoms with van der Waals surface area (Å²) in [5, 5.41) is 16.8. The Kier molecular flexibility index (Phi) is 11.0. The maximum atomic E-state index is 9.92. The van der Waals surface area contributed by atoms with Crippen molar-refractivity contribution >= 4 is 0 Å². The minimum absolute atomic E-state index is 0.329. The van der Waals surface area contributed by atoms with Crippen LogP contribution in [0.3, 0.4) is 0 Å². The van der Waals surface area contributed by atoms with Gasteiger partial charge in [0.15, 0.2) is 0 Å². The van der Waals surface area contributed by atoms with E-state index >= 15 is 0 Å². The number of fused-ring (bicyclic) bond motifs is 1. The second kappa shape index (κ2) is 13.3. The van der Waals surface area contributed by atoms with Gasteiger partial charge in [-0.1, -0.05) is 47.0 Å². The molecule has 3 aliphatic carbocycles. The van der Waals surface area contributed by atoms with Gasteiger partial charge in [0.1, 0.15) is 6.23 Å². The molecule has 194 valence electrons. The monoisotopic (exact) mass is 462 g/mol. The van der Waals surface area contributed by atoms with Crippen LogP contribution in [0, 0.1) is 40.9 Å². The molecule has 0 aliphatic heterocycles. The van der Waals surface area contributed by atoms with Crippen LogP contribution in [0.15, 0.2) is 0 Å². The highest BCUT2D eigenvalue weighted by atomic mass is 16.3. The molecule has 0 aromatic heterocycles. The van der Waals surface area contributed by atoms with Gasteiger partial charge in [-0.2, -0.15) is 0 Å². The topological polar surface area (TPSA) is 44.3 Å². The van der Waals surface area contributed by atoms with Gasteiger partial charge < -0.3 is 10.4 Å². The molecule has 8 unspecified atom stereocenters. The molecule has 3 N–H and O–H groups in total. The standard InChI is InChI=1S/C30H58N2O/c1-6-8-10-28-27(24-13-12-23(20-24)22(3)11-16-29(33)31-5)15-14-25-21-26(32-19-9-7-2)17-18-30(25,28)4/h22-29,31-33H,6-21H2,1-5H3/t22?,23?,24?,25-,26?,27?,28?,29?,30?/m0/s1. The summed E-state index contributed by atoms with van der Waals surface area (Å²) in [6, 6.07) is 0.780. The lowest BCUT2D eigenvalue weighted by Gasteiger charge is -2.57. The molecule has 3 saturated carbocycles. The van der Waals surface area contributed by atoms with Gasteiger partial charge in [0.2, 0.25) is 0 Å². The van der Waals surface area contributed by atoms with E-state index in [0.717, 1.165) is 54.4 Å². The number of rotatable bonds is 13. The molecule has 0 amide bonds. The van der Waals surface area contributed by atoms with Gasteiger partial charge in [-0.05, 0) is 132 Å². The molecular weight excluding hydrogens is 404 g/mol. The minimum Gasteiger partial charge on any atom is -0.379 e. The van der Waals surface area contributed by atoms with Crippen LogP contribution in [0.4, 0.5) is 0 Å². The molecule has 3 rings (SSSR count). The SMILES string of the molecule is CCCCNC1CCC2(C)C(CCCC)C(C3CCC(C(C)CCC(O)NC)C3)CC[C@H]2C1. The fourth-order valence-electron chi connectivity index (χ4n) is 8.40. The Morgan fingerprint density at radius 1 is 0.970 bits per heavy atom. The van der Waals surface area contributed by atoms with Crippen LogP contribution < -0.4 is 10.6 Å². The number of aliphatic hydroxyl groups is 1. The van der Waals surface area contributed by atoms with Crippen molar-refractivity contribution < 1.29 is 5.11 Å². The molecule has 9 atom stereocenters. The van der Waals surface area contributed by atoms with Crippen molar-refractivity contribution in [3.63, 3.8) is 0 Å². The van der Waals surface area contributed by atoms with Crippen LogP contribution in [0.1, 0.15) is 124 Å². The van der Waals surface area contributed by atoms with E-state index in [1.165, 1.54) is 90.0 Å². The Hall–Kier alpha value is -0.120. The summed E-state index contributed by atoms with van der Waals surface area (Å²) in [5.41, 5.74) is 0.585. The quantitative estimate of drug-likeness (QED) is 0.201. The van der Waals surface area contributed by atoms with E-state index in [2.05, 4.69) is 38.3 Å². The van der Waals surface area contributed by atoms with Crippen LogP contribution in [-0.2, 0) is 0 Å². The molecule has 0 spiro atoms. The van der Waals surface area contributed by atoms with Crippen molar-refractivity contribution in [3.05, 3.63) is 0 Å². The summed E-state index contributed by atoms with van der Waals surface area (Å²) in [5.74, 6) is 5.48. The third-order valence-electron chi connectivity index (χ3n) is 10.7. The number of hydrogen-bond donors (Lipinski definition) is 3. The van der Waals surface area contributed by atoms with E-state index in [9.17, 15) is 5.11 Å². The smallest absolute Gasteiger partial charge is 0.104 e. The summed E-state index contributed by atoms with van der Waals surface area (Å²) < 4.78 is 0. The van der Waals surface area contributed by atoms with Crippen molar-refractivity contribution in [2.75, 3.05) is 13.6 Å². The predicted molar refractivity (Wildman–Crippen MR) is 142 cm³/mol. The first-order chi connectivity index (χ1) is 15.9. The maximum Gasteiger partial charge on any atom is 0.104 e. The predicted octanol–water partition coefficient (Wildman–Crippen LogP) is 7.14. The van der Waals surface area contributed by atoms with Crippen molar-refractivity contribution in [1.82, 2.24) is 10.6 Å². The molecular formula is C30H58N2O. The Morgan fingerprint density at radius 3 is 2.48 bits per heavy atom. The third-order valence-corrected chi connectivity index (χ3v) is 10.7. The summed E-state index contributed by atoms with van der Waals surface area (Å²) >= 11 is 0. The highest BCUT2D eigenvalue weighted by Crippen LogP contribution is 2.60. The van der Waals surface area contributed by atoms with Gasteiger partial charge in [-0.3, -0.25) is 5.32 Å². The van der Waals surface area contributed by atoms with E-state index in [-0.39, 0.29) is 6.23 Å². The van der Waals surface area contributed by atoms with Gasteiger partial charge in [0.25, 0.3) is 0 Å². The molecule has 0 aromatic rings. The first-order valence-corrected chi connectivity index (χ1v) is 15.0. The largest absolute Gasteiger partial charge is 0.379 e. The van der Waals surface area contributed by atoms with Crippen LogP contribution in [0.2, 0.25) is 0 Å². The highest BCUT2D eigenvalue weighted by Gasteiger charge is 2.52. The van der Waals surface area contributed by atoms with Crippen molar-refractivity contribution in [2.24, 2.45) is 40.9 Å². The van der Waals surface area contributed by atoms with Gasteiger partial charge in [-0.15, -0.1) is 0 Å². The lowest BCUT2D eigenvalue weighted by atomic mass is 9.49. The number of hydrogen-bond acceptors (Lipinski definition) is 3. The van der Waals surface area contributed by atoms with Crippen LogP contribution in [0.25, 0.3) is 0 Å². The van der Waals surface area contributed by atoms with Crippen LogP contribution in [-0.4, -0.2) is 31.0 Å². The second-order valence-electron chi connectivity index (χ2n) is 12.7. The highest BCUT2D eigenvalue weighted by molar-refractivity contribution is 5.02. The minimum atomic E-state index is -0.329. The van der Waals surface area contributed by atoms with Crippen molar-refractivity contribution in [1.29, 1.82) is 0 Å². The molecule has 0 aromatic carbocycles. The normalized spacial score (nSPS) is 38.7. The molecule has 0 bridgehead atoms. The lowest BCUT2D eigenvalue weighted by Crippen LogP contribution is -2.51. The Balaban J connectivity index is 1.61. The van der Waals surface area contributed by atoms with Gasteiger partial charge >= 0.3 is 0 Å². The zero-order chi connectivity index (χ0) is 23.8. The number of unbranched alkanes of at least 4 members (excludes halogenated alkanes) is 2. The fraction of sp³-hybridized carbons (Fsp3) is 1.00. The molecule has 3 fully saturated rings. The summed E-state index contributed by atoms with van der Waals surface area (Å²) in [6.45, 7) is 11.1. The molecule has 0 saturated heterocycles. The van der Waals surface area contributed by atoms with Crippen molar-refractivity contribution in [2.45, 2.75) is 136 Å². The lowest BCUT2D eigenvalue weighted by molar-refractivity contribution is -0.0648. The van der Waals surface area contributed by atoms with E-state index < -0.39 is 0 Å². The average molecular weight is 463 g/mol. The zero-order valence-corrected chi connectivity index (χ0v) is 22.9. The van der Waals surface area contributed by atoms with Gasteiger partial charge in [-0.25, -0.2) is 0 Å². The van der Waals surface area contributed by atoms with E-state index in [4.69, 9.17) is 0 Å². The molecule has 33 heavy (non-hydrogen) atoms. The fourth-order valence-corrected chi connectivity index (χ4v) is 8.40. The molecule has 0 radical (unpaired) electrons. The van der Waals surface area contributed by atoms with Crippen LogP contribution >= 0.6 is 0 Å². The number of nitrogens with one attached hydrogen (secondary N) is 2. The van der Waals surface area contributed by atoms with E-state index in [1.54, 1.807) is 0 Å². The Morgan fingerprint density at radius 2 is 1.76 bits per heavy atom. The summed E-state index contributed by atoms with van der Waals surface area (Å²) in [4.78, 5) is 0. The van der Waals surface area contributed by atoms with E-state index in [0.29, 0.717) is 5.41 Å². The molecule has 3 heteroatoms.